The largest absolute Gasteiger partial charge is 0.351 e. The third kappa shape index (κ3) is 6.07. The van der Waals surface area contributed by atoms with Gasteiger partial charge in [0.15, 0.2) is 0 Å². The van der Waals surface area contributed by atoms with Crippen LogP contribution in [0.1, 0.15) is 5.56 Å². The maximum absolute atomic E-state index is 12.2. The second-order valence-corrected chi connectivity index (χ2v) is 8.10. The first kappa shape index (κ1) is 21.9. The Morgan fingerprint density at radius 3 is 2.65 bits per heavy atom. The summed E-state index contributed by atoms with van der Waals surface area (Å²) >= 11 is 0. The number of carbonyl (C=O) groups is 1. The number of para-hydroxylation sites is 1. The van der Waals surface area contributed by atoms with Crippen molar-refractivity contribution in [2.75, 3.05) is 13.1 Å². The van der Waals surface area contributed by atoms with Crippen LogP contribution < -0.4 is 10.0 Å². The van der Waals surface area contributed by atoms with Gasteiger partial charge in [-0.2, -0.15) is 5.10 Å². The maximum Gasteiger partial charge on any atom is 0.270 e. The number of aromatic nitrogens is 2. The van der Waals surface area contributed by atoms with E-state index in [1.807, 2.05) is 30.3 Å². The van der Waals surface area contributed by atoms with Crippen molar-refractivity contribution in [2.24, 2.45) is 0 Å². The Morgan fingerprint density at radius 2 is 1.90 bits per heavy atom. The summed E-state index contributed by atoms with van der Waals surface area (Å²) in [5.41, 5.74) is 1.30. The second kappa shape index (κ2) is 9.78. The van der Waals surface area contributed by atoms with Crippen LogP contribution in [0.4, 0.5) is 5.69 Å². The van der Waals surface area contributed by atoms with Gasteiger partial charge in [0.1, 0.15) is 0 Å². The predicted octanol–water partition coefficient (Wildman–Crippen LogP) is 1.89. The molecule has 1 heterocycles. The SMILES string of the molecule is O=C(/C=C/c1cnn(-c2ccccc2)c1)NCCNS(=O)(=O)c1cccc([N+](=O)[O-])c1. The molecular weight excluding hydrogens is 422 g/mol. The molecule has 11 heteroatoms. The van der Waals surface area contributed by atoms with Gasteiger partial charge in [-0.25, -0.2) is 17.8 Å². The van der Waals surface area contributed by atoms with E-state index in [0.717, 1.165) is 17.3 Å². The van der Waals surface area contributed by atoms with E-state index in [-0.39, 0.29) is 23.7 Å². The van der Waals surface area contributed by atoms with Crippen molar-refractivity contribution in [3.63, 3.8) is 0 Å². The fourth-order valence-electron chi connectivity index (χ4n) is 2.59. The fourth-order valence-corrected chi connectivity index (χ4v) is 3.67. The first-order valence-electron chi connectivity index (χ1n) is 9.15. The van der Waals surface area contributed by atoms with Crippen LogP contribution in [-0.2, 0) is 14.8 Å². The first-order valence-corrected chi connectivity index (χ1v) is 10.6. The highest BCUT2D eigenvalue weighted by Crippen LogP contribution is 2.16. The molecule has 0 saturated heterocycles. The molecular formula is C20H19N5O5S. The zero-order chi connectivity index (χ0) is 22.3. The number of amides is 1. The van der Waals surface area contributed by atoms with Gasteiger partial charge in [0.25, 0.3) is 5.69 Å². The van der Waals surface area contributed by atoms with E-state index in [4.69, 9.17) is 0 Å². The topological polar surface area (TPSA) is 136 Å². The van der Waals surface area contributed by atoms with Crippen LogP contribution in [0.2, 0.25) is 0 Å². The smallest absolute Gasteiger partial charge is 0.270 e. The third-order valence-corrected chi connectivity index (χ3v) is 5.56. The number of benzene rings is 2. The molecule has 0 aliphatic heterocycles. The molecule has 0 aliphatic carbocycles. The van der Waals surface area contributed by atoms with Crippen molar-refractivity contribution in [1.29, 1.82) is 0 Å². The molecule has 2 aromatic carbocycles. The minimum absolute atomic E-state index is 0.0423. The summed E-state index contributed by atoms with van der Waals surface area (Å²) in [6.07, 6.45) is 6.30. The van der Waals surface area contributed by atoms with Crippen LogP contribution in [0, 0.1) is 10.1 Å². The molecule has 160 valence electrons. The van der Waals surface area contributed by atoms with E-state index >= 15 is 0 Å². The number of hydrogen-bond donors (Lipinski definition) is 2. The molecule has 1 aromatic heterocycles. The lowest BCUT2D eigenvalue weighted by Gasteiger charge is -2.07. The summed E-state index contributed by atoms with van der Waals surface area (Å²) in [5, 5.41) is 17.6. The molecule has 31 heavy (non-hydrogen) atoms. The van der Waals surface area contributed by atoms with Crippen molar-refractivity contribution in [3.05, 3.63) is 88.7 Å². The van der Waals surface area contributed by atoms with Crippen LogP contribution in [0.3, 0.4) is 0 Å². The number of non-ortho nitro benzene ring substituents is 1. The molecule has 0 bridgehead atoms. The highest BCUT2D eigenvalue weighted by Gasteiger charge is 2.17. The van der Waals surface area contributed by atoms with E-state index in [0.29, 0.717) is 0 Å². The van der Waals surface area contributed by atoms with Gasteiger partial charge < -0.3 is 5.32 Å². The molecule has 1 amide bonds. The fraction of sp³-hybridized carbons (Fsp3) is 0.100. The zero-order valence-corrected chi connectivity index (χ0v) is 17.0. The number of nitrogens with zero attached hydrogens (tertiary/aromatic N) is 3. The molecule has 0 atom stereocenters. The van der Waals surface area contributed by atoms with Gasteiger partial charge in [0, 0.05) is 43.1 Å². The van der Waals surface area contributed by atoms with Crippen molar-refractivity contribution in [2.45, 2.75) is 4.90 Å². The number of sulfonamides is 1. The zero-order valence-electron chi connectivity index (χ0n) is 16.2. The molecule has 0 spiro atoms. The van der Waals surface area contributed by atoms with Crippen LogP contribution in [0.5, 0.6) is 0 Å². The van der Waals surface area contributed by atoms with Gasteiger partial charge in [-0.15, -0.1) is 0 Å². The molecule has 0 saturated carbocycles. The lowest BCUT2D eigenvalue weighted by Crippen LogP contribution is -2.34. The number of nitro benzene ring substituents is 1. The van der Waals surface area contributed by atoms with Gasteiger partial charge in [-0.3, -0.25) is 14.9 Å². The highest BCUT2D eigenvalue weighted by molar-refractivity contribution is 7.89. The third-order valence-electron chi connectivity index (χ3n) is 4.11. The lowest BCUT2D eigenvalue weighted by atomic mass is 10.3. The normalized spacial score (nSPS) is 11.5. The highest BCUT2D eigenvalue weighted by atomic mass is 32.2. The number of nitrogens with one attached hydrogen (secondary N) is 2. The minimum atomic E-state index is -3.93. The molecule has 2 N–H and O–H groups in total. The van der Waals surface area contributed by atoms with Gasteiger partial charge in [0.05, 0.1) is 21.7 Å². The van der Waals surface area contributed by atoms with E-state index in [9.17, 15) is 23.3 Å². The van der Waals surface area contributed by atoms with Crippen molar-refractivity contribution >= 4 is 27.7 Å². The molecule has 3 rings (SSSR count). The summed E-state index contributed by atoms with van der Waals surface area (Å²) in [4.78, 5) is 21.8. The van der Waals surface area contributed by atoms with Gasteiger partial charge >= 0.3 is 0 Å². The number of nitro groups is 1. The van der Waals surface area contributed by atoms with E-state index in [2.05, 4.69) is 15.1 Å². The molecule has 0 fully saturated rings. The van der Waals surface area contributed by atoms with Crippen molar-refractivity contribution in [1.82, 2.24) is 19.8 Å². The Labute approximate surface area is 178 Å². The molecule has 0 aliphatic rings. The van der Waals surface area contributed by atoms with Crippen molar-refractivity contribution in [3.8, 4) is 5.69 Å². The summed E-state index contributed by atoms with van der Waals surface area (Å²) in [6.45, 7) is -0.0306. The molecule has 0 unspecified atom stereocenters. The Bertz CT molecular complexity index is 1210. The second-order valence-electron chi connectivity index (χ2n) is 6.33. The Kier molecular flexibility index (Phi) is 6.90. The number of hydrogen-bond acceptors (Lipinski definition) is 6. The average molecular weight is 441 g/mol. The summed E-state index contributed by atoms with van der Waals surface area (Å²) in [7, 11) is -3.93. The van der Waals surface area contributed by atoms with Crippen LogP contribution in [0.25, 0.3) is 11.8 Å². The van der Waals surface area contributed by atoms with Crippen LogP contribution in [-0.4, -0.2) is 42.1 Å². The average Bonchev–Trinajstić information content (AvgIpc) is 3.25. The molecule has 10 nitrogen and oxygen atoms in total. The Hall–Kier alpha value is -3.83. The first-order chi connectivity index (χ1) is 14.8. The van der Waals surface area contributed by atoms with Gasteiger partial charge in [-0.1, -0.05) is 24.3 Å². The minimum Gasteiger partial charge on any atom is -0.351 e. The lowest BCUT2D eigenvalue weighted by molar-refractivity contribution is -0.385. The summed E-state index contributed by atoms with van der Waals surface area (Å²) < 4.78 is 28.4. The standard InChI is InChI=1S/C20H19N5O5S/c26-20(10-9-16-14-22-24(15-16)17-5-2-1-3-6-17)21-11-12-23-31(29,30)19-8-4-7-18(13-19)25(27)28/h1-10,13-15,23H,11-12H2,(H,21,26)/b10-9+. The predicted molar refractivity (Wildman–Crippen MR) is 114 cm³/mol. The Morgan fingerprint density at radius 1 is 1.13 bits per heavy atom. The van der Waals surface area contributed by atoms with Crippen LogP contribution >= 0.6 is 0 Å². The number of rotatable bonds is 9. The monoisotopic (exact) mass is 441 g/mol. The summed E-state index contributed by atoms with van der Waals surface area (Å²) in [5.74, 6) is -0.401. The Balaban J connectivity index is 1.48. The van der Waals surface area contributed by atoms with Crippen molar-refractivity contribution < 1.29 is 18.1 Å². The van der Waals surface area contributed by atoms with Gasteiger partial charge in [-0.05, 0) is 24.3 Å². The van der Waals surface area contributed by atoms with Crippen LogP contribution in [0.15, 0.2) is 78.0 Å². The van der Waals surface area contributed by atoms with Gasteiger partial charge in [0.2, 0.25) is 15.9 Å². The molecule has 3 aromatic rings. The van der Waals surface area contributed by atoms with E-state index in [1.54, 1.807) is 23.2 Å². The van der Waals surface area contributed by atoms with E-state index in [1.165, 1.54) is 24.3 Å². The quantitative estimate of drug-likeness (QED) is 0.225. The molecule has 0 radical (unpaired) electrons. The number of carbonyl (C=O) groups excluding carboxylic acids is 1. The van der Waals surface area contributed by atoms with E-state index < -0.39 is 20.9 Å². The summed E-state index contributed by atoms with van der Waals surface area (Å²) in [6, 6.07) is 14.2. The maximum atomic E-state index is 12.2.